The van der Waals surface area contributed by atoms with Crippen LogP contribution >= 0.6 is 0 Å². The van der Waals surface area contributed by atoms with Gasteiger partial charge in [0.25, 0.3) is 0 Å². The van der Waals surface area contributed by atoms with Crippen molar-refractivity contribution in [3.63, 3.8) is 0 Å². The Kier molecular flexibility index (Phi) is 6.46. The molecule has 0 saturated carbocycles. The number of unbranched alkanes of at least 4 members (excludes halogenated alkanes) is 2. The zero-order valence-corrected chi connectivity index (χ0v) is 16.6. The Morgan fingerprint density at radius 1 is 0.793 bits per heavy atom. The third-order valence-electron chi connectivity index (χ3n) is 5.38. The summed E-state index contributed by atoms with van der Waals surface area (Å²) in [5, 5.41) is 12.8. The molecule has 0 unspecified atom stereocenters. The molecule has 2 heterocycles. The molecule has 1 saturated heterocycles. The van der Waals surface area contributed by atoms with Crippen molar-refractivity contribution in [1.82, 2.24) is 25.1 Å². The van der Waals surface area contributed by atoms with Crippen molar-refractivity contribution in [3.05, 3.63) is 60.4 Å². The van der Waals surface area contributed by atoms with E-state index >= 15 is 0 Å². The third-order valence-corrected chi connectivity index (χ3v) is 5.38. The number of nitrogens with zero attached hydrogens (tertiary/aromatic N) is 6. The number of aryl methyl sites for hydroxylation is 1. The van der Waals surface area contributed by atoms with E-state index in [0.717, 1.165) is 69.8 Å². The maximum absolute atomic E-state index is 13.9. The number of anilines is 1. The van der Waals surface area contributed by atoms with Crippen LogP contribution < -0.4 is 4.90 Å². The van der Waals surface area contributed by atoms with Gasteiger partial charge in [0.15, 0.2) is 0 Å². The van der Waals surface area contributed by atoms with Crippen LogP contribution in [-0.2, 0) is 6.54 Å². The van der Waals surface area contributed by atoms with Gasteiger partial charge in [-0.25, -0.2) is 4.39 Å². The molecule has 3 aromatic rings. The van der Waals surface area contributed by atoms with Crippen LogP contribution in [0.3, 0.4) is 0 Å². The number of para-hydroxylation sites is 1. The van der Waals surface area contributed by atoms with Crippen LogP contribution in [0.25, 0.3) is 11.4 Å². The van der Waals surface area contributed by atoms with Gasteiger partial charge in [0.05, 0.1) is 12.2 Å². The fraction of sp³-hybridized carbons (Fsp3) is 0.409. The van der Waals surface area contributed by atoms with Crippen molar-refractivity contribution in [2.24, 2.45) is 0 Å². The Hall–Kier alpha value is -2.80. The molecule has 1 aliphatic heterocycles. The van der Waals surface area contributed by atoms with Crippen LogP contribution in [0.5, 0.6) is 0 Å². The second-order valence-corrected chi connectivity index (χ2v) is 7.42. The Labute approximate surface area is 170 Å². The lowest BCUT2D eigenvalue weighted by atomic mass is 10.2. The topological polar surface area (TPSA) is 50.1 Å². The van der Waals surface area contributed by atoms with Gasteiger partial charge in [0.2, 0.25) is 5.82 Å². The summed E-state index contributed by atoms with van der Waals surface area (Å²) in [5.41, 5.74) is 1.72. The van der Waals surface area contributed by atoms with Crippen molar-refractivity contribution < 1.29 is 4.39 Å². The van der Waals surface area contributed by atoms with E-state index in [1.165, 1.54) is 6.07 Å². The molecule has 0 aliphatic carbocycles. The summed E-state index contributed by atoms with van der Waals surface area (Å²) in [6.45, 7) is 5.61. The number of rotatable bonds is 8. The zero-order valence-electron chi connectivity index (χ0n) is 16.6. The largest absolute Gasteiger partial charge is 0.367 e. The predicted octanol–water partition coefficient (Wildman–Crippen LogP) is 3.47. The third kappa shape index (κ3) is 5.17. The Morgan fingerprint density at radius 3 is 2.31 bits per heavy atom. The molecule has 0 N–H and O–H groups in total. The summed E-state index contributed by atoms with van der Waals surface area (Å²) in [7, 11) is 0. The van der Waals surface area contributed by atoms with Crippen molar-refractivity contribution >= 4 is 5.69 Å². The lowest BCUT2D eigenvalue weighted by molar-refractivity contribution is 0.250. The van der Waals surface area contributed by atoms with Crippen molar-refractivity contribution in [1.29, 1.82) is 0 Å². The number of hydrogen-bond acceptors (Lipinski definition) is 5. The number of halogens is 1. The van der Waals surface area contributed by atoms with Crippen LogP contribution in [0, 0.1) is 5.82 Å². The molecule has 0 atom stereocenters. The van der Waals surface area contributed by atoms with E-state index in [-0.39, 0.29) is 5.82 Å². The van der Waals surface area contributed by atoms with Gasteiger partial charge in [-0.3, -0.25) is 4.90 Å². The normalized spacial score (nSPS) is 15.0. The highest BCUT2D eigenvalue weighted by Gasteiger charge is 2.18. The average Bonchev–Trinajstić information content (AvgIpc) is 3.24. The smallest absolute Gasteiger partial charge is 0.204 e. The maximum Gasteiger partial charge on any atom is 0.204 e. The highest BCUT2D eigenvalue weighted by atomic mass is 19.1. The zero-order chi connectivity index (χ0) is 19.9. The molecule has 29 heavy (non-hydrogen) atoms. The first kappa shape index (κ1) is 19.5. The summed E-state index contributed by atoms with van der Waals surface area (Å²) in [4.78, 5) is 6.31. The number of piperazine rings is 1. The first-order valence-corrected chi connectivity index (χ1v) is 10.3. The number of tetrazole rings is 1. The van der Waals surface area contributed by atoms with Gasteiger partial charge in [0, 0.05) is 31.7 Å². The van der Waals surface area contributed by atoms with Crippen molar-refractivity contribution in [2.75, 3.05) is 37.6 Å². The second-order valence-electron chi connectivity index (χ2n) is 7.42. The van der Waals surface area contributed by atoms with Crippen LogP contribution in [0.15, 0.2) is 54.6 Å². The molecule has 0 spiro atoms. The Bertz CT molecular complexity index is 889. The van der Waals surface area contributed by atoms with Crippen LogP contribution in [-0.4, -0.2) is 57.8 Å². The molecule has 152 valence electrons. The van der Waals surface area contributed by atoms with Crippen molar-refractivity contribution in [2.45, 2.75) is 25.8 Å². The molecule has 0 amide bonds. The summed E-state index contributed by atoms with van der Waals surface area (Å²) in [6, 6.07) is 17.0. The molecule has 2 aromatic carbocycles. The van der Waals surface area contributed by atoms with E-state index in [9.17, 15) is 4.39 Å². The average molecular weight is 394 g/mol. The highest BCUT2D eigenvalue weighted by Crippen LogP contribution is 2.20. The van der Waals surface area contributed by atoms with E-state index in [0.29, 0.717) is 5.82 Å². The fourth-order valence-electron chi connectivity index (χ4n) is 3.73. The standard InChI is InChI=1S/C22H27FN6/c23-20-11-5-6-12-21(20)28-17-15-27(16-18-28)13-7-2-8-14-29-25-22(24-26-29)19-9-3-1-4-10-19/h1,3-6,9-12H,2,7-8,13-18H2. The molecule has 6 nitrogen and oxygen atoms in total. The molecule has 1 aliphatic rings. The summed E-state index contributed by atoms with van der Waals surface area (Å²) in [6.07, 6.45) is 3.33. The Morgan fingerprint density at radius 2 is 1.52 bits per heavy atom. The minimum Gasteiger partial charge on any atom is -0.367 e. The van der Waals surface area contributed by atoms with Gasteiger partial charge in [-0.2, -0.15) is 4.80 Å². The molecule has 1 fully saturated rings. The lowest BCUT2D eigenvalue weighted by Crippen LogP contribution is -2.46. The quantitative estimate of drug-likeness (QED) is 0.548. The first-order chi connectivity index (χ1) is 14.3. The van der Waals surface area contributed by atoms with Gasteiger partial charge < -0.3 is 4.90 Å². The summed E-state index contributed by atoms with van der Waals surface area (Å²) < 4.78 is 13.9. The molecule has 4 rings (SSSR count). The van der Waals surface area contributed by atoms with E-state index < -0.39 is 0 Å². The minimum atomic E-state index is -0.127. The molecule has 7 heteroatoms. The van der Waals surface area contributed by atoms with Crippen LogP contribution in [0.2, 0.25) is 0 Å². The van der Waals surface area contributed by atoms with E-state index in [1.807, 2.05) is 42.5 Å². The van der Waals surface area contributed by atoms with Gasteiger partial charge in [0.1, 0.15) is 5.82 Å². The van der Waals surface area contributed by atoms with E-state index in [1.54, 1.807) is 10.9 Å². The second kappa shape index (κ2) is 9.60. The van der Waals surface area contributed by atoms with Crippen LogP contribution in [0.1, 0.15) is 19.3 Å². The van der Waals surface area contributed by atoms with Gasteiger partial charge >= 0.3 is 0 Å². The lowest BCUT2D eigenvalue weighted by Gasteiger charge is -2.36. The van der Waals surface area contributed by atoms with E-state index in [4.69, 9.17) is 0 Å². The predicted molar refractivity (Wildman–Crippen MR) is 112 cm³/mol. The number of aromatic nitrogens is 4. The number of hydrogen-bond donors (Lipinski definition) is 0. The van der Waals surface area contributed by atoms with Gasteiger partial charge in [-0.1, -0.05) is 48.9 Å². The first-order valence-electron chi connectivity index (χ1n) is 10.3. The maximum atomic E-state index is 13.9. The summed E-state index contributed by atoms with van der Waals surface area (Å²) >= 11 is 0. The molecular formula is C22H27FN6. The molecular weight excluding hydrogens is 367 g/mol. The Balaban J connectivity index is 1.13. The minimum absolute atomic E-state index is 0.127. The van der Waals surface area contributed by atoms with Crippen LogP contribution in [0.4, 0.5) is 10.1 Å². The summed E-state index contributed by atoms with van der Waals surface area (Å²) in [5.74, 6) is 0.552. The van der Waals surface area contributed by atoms with Crippen molar-refractivity contribution in [3.8, 4) is 11.4 Å². The van der Waals surface area contributed by atoms with E-state index in [2.05, 4.69) is 25.2 Å². The number of benzene rings is 2. The molecule has 0 radical (unpaired) electrons. The SMILES string of the molecule is Fc1ccccc1N1CCN(CCCCCn2nnc(-c3ccccc3)n2)CC1. The van der Waals surface area contributed by atoms with Gasteiger partial charge in [-0.05, 0) is 36.7 Å². The molecule has 1 aromatic heterocycles. The fourth-order valence-corrected chi connectivity index (χ4v) is 3.73. The monoisotopic (exact) mass is 394 g/mol. The molecule has 0 bridgehead atoms. The van der Waals surface area contributed by atoms with Gasteiger partial charge in [-0.15, -0.1) is 10.2 Å². The highest BCUT2D eigenvalue weighted by molar-refractivity contribution is 5.53.